The number of aryl methyl sites for hydroxylation is 2. The predicted octanol–water partition coefficient (Wildman–Crippen LogP) is 5.86. The summed E-state index contributed by atoms with van der Waals surface area (Å²) in [6.07, 6.45) is 6.52. The van der Waals surface area contributed by atoms with Gasteiger partial charge in [-0.25, -0.2) is 14.8 Å². The standard InChI is InChI=1S/C30H34N6O3/c1-18-14-22(6-7-23(18)20-9-12-36(13-10-20)29(38)39-30(3,4)5)34-27-26-21(8-11-32-28(26)37)15-24(35-27)25-17-31-16-19(2)33-25/h6-8,11,14-17,20H,9-10,12-13H2,1-5H3,(H,32,37)(H,34,35). The highest BCUT2D eigenvalue weighted by atomic mass is 16.6. The number of anilines is 2. The van der Waals surface area contributed by atoms with Crippen LogP contribution in [0.1, 0.15) is 56.4 Å². The highest BCUT2D eigenvalue weighted by Gasteiger charge is 2.28. The van der Waals surface area contributed by atoms with Gasteiger partial charge < -0.3 is 19.9 Å². The largest absolute Gasteiger partial charge is 0.444 e. The van der Waals surface area contributed by atoms with Gasteiger partial charge in [-0.05, 0) is 94.2 Å². The van der Waals surface area contributed by atoms with Gasteiger partial charge in [0.25, 0.3) is 5.56 Å². The molecule has 9 nitrogen and oxygen atoms in total. The van der Waals surface area contributed by atoms with Crippen molar-refractivity contribution in [2.45, 2.75) is 59.0 Å². The van der Waals surface area contributed by atoms with Crippen molar-refractivity contribution < 1.29 is 9.53 Å². The molecule has 1 fully saturated rings. The first-order chi connectivity index (χ1) is 18.6. The molecule has 0 saturated carbocycles. The second-order valence-corrected chi connectivity index (χ2v) is 11.1. The number of aromatic nitrogens is 4. The number of carbonyl (C=O) groups is 1. The maximum absolute atomic E-state index is 12.8. The first-order valence-electron chi connectivity index (χ1n) is 13.2. The van der Waals surface area contributed by atoms with Gasteiger partial charge >= 0.3 is 6.09 Å². The molecule has 1 aliphatic heterocycles. The molecular weight excluding hydrogens is 492 g/mol. The summed E-state index contributed by atoms with van der Waals surface area (Å²) < 4.78 is 5.54. The van der Waals surface area contributed by atoms with Crippen LogP contribution in [-0.2, 0) is 4.74 Å². The number of pyridine rings is 2. The van der Waals surface area contributed by atoms with E-state index in [1.54, 1.807) is 23.5 Å². The minimum Gasteiger partial charge on any atom is -0.444 e. The van der Waals surface area contributed by atoms with Crippen molar-refractivity contribution in [3.63, 3.8) is 0 Å². The second-order valence-electron chi connectivity index (χ2n) is 11.1. The van der Waals surface area contributed by atoms with E-state index >= 15 is 0 Å². The van der Waals surface area contributed by atoms with E-state index in [0.717, 1.165) is 35.2 Å². The van der Waals surface area contributed by atoms with E-state index in [-0.39, 0.29) is 11.7 Å². The number of likely N-dealkylation sites (tertiary alicyclic amines) is 1. The zero-order chi connectivity index (χ0) is 27.7. The summed E-state index contributed by atoms with van der Waals surface area (Å²) in [6, 6.07) is 9.95. The molecule has 0 bridgehead atoms. The number of hydrogen-bond acceptors (Lipinski definition) is 7. The van der Waals surface area contributed by atoms with Gasteiger partial charge in [0, 0.05) is 31.2 Å². The molecule has 1 aromatic carbocycles. The topological polar surface area (TPSA) is 113 Å². The number of benzene rings is 1. The summed E-state index contributed by atoms with van der Waals surface area (Å²) in [5, 5.41) is 4.63. The Morgan fingerprint density at radius 1 is 1.05 bits per heavy atom. The fourth-order valence-electron chi connectivity index (χ4n) is 5.07. The molecule has 4 heterocycles. The molecule has 202 valence electrons. The molecule has 3 aromatic heterocycles. The van der Waals surface area contributed by atoms with Crippen LogP contribution in [0.2, 0.25) is 0 Å². The maximum atomic E-state index is 12.8. The molecule has 0 unspecified atom stereocenters. The first kappa shape index (κ1) is 26.3. The van der Waals surface area contributed by atoms with Crippen LogP contribution in [0.15, 0.2) is 53.7 Å². The van der Waals surface area contributed by atoms with E-state index in [2.05, 4.69) is 39.3 Å². The number of hydrogen-bond donors (Lipinski definition) is 2. The van der Waals surface area contributed by atoms with E-state index < -0.39 is 5.60 Å². The van der Waals surface area contributed by atoms with Gasteiger partial charge in [0.1, 0.15) is 17.1 Å². The Hall–Kier alpha value is -4.27. The van der Waals surface area contributed by atoms with Gasteiger partial charge in [0.2, 0.25) is 0 Å². The van der Waals surface area contributed by atoms with Crippen LogP contribution in [0.25, 0.3) is 22.2 Å². The Labute approximate surface area is 227 Å². The number of piperidine rings is 1. The number of amides is 1. The Kier molecular flexibility index (Phi) is 7.08. The fourth-order valence-corrected chi connectivity index (χ4v) is 5.07. The number of nitrogens with one attached hydrogen (secondary N) is 2. The Balaban J connectivity index is 1.38. The van der Waals surface area contributed by atoms with Crippen molar-refractivity contribution in [2.75, 3.05) is 18.4 Å². The van der Waals surface area contributed by atoms with Gasteiger partial charge in [0.15, 0.2) is 0 Å². The van der Waals surface area contributed by atoms with Crippen molar-refractivity contribution in [3.05, 3.63) is 76.1 Å². The quantitative estimate of drug-likeness (QED) is 0.343. The molecule has 0 spiro atoms. The Bertz CT molecular complexity index is 1580. The normalized spacial score (nSPS) is 14.4. The highest BCUT2D eigenvalue weighted by molar-refractivity contribution is 5.94. The lowest BCUT2D eigenvalue weighted by Gasteiger charge is -2.34. The minimum absolute atomic E-state index is 0.213. The van der Waals surface area contributed by atoms with Crippen LogP contribution in [-0.4, -0.2) is 49.6 Å². The maximum Gasteiger partial charge on any atom is 0.410 e. The third-order valence-electron chi connectivity index (χ3n) is 6.89. The highest BCUT2D eigenvalue weighted by Crippen LogP contribution is 2.33. The van der Waals surface area contributed by atoms with Gasteiger partial charge in [-0.15, -0.1) is 0 Å². The van der Waals surface area contributed by atoms with Crippen LogP contribution < -0.4 is 10.9 Å². The van der Waals surface area contributed by atoms with E-state index in [1.807, 2.05) is 45.9 Å². The minimum atomic E-state index is -0.495. The van der Waals surface area contributed by atoms with Crippen molar-refractivity contribution in [1.82, 2.24) is 24.8 Å². The number of carbonyl (C=O) groups excluding carboxylic acids is 1. The number of nitrogens with zero attached hydrogens (tertiary/aromatic N) is 4. The van der Waals surface area contributed by atoms with Crippen LogP contribution in [0.5, 0.6) is 0 Å². The van der Waals surface area contributed by atoms with Crippen LogP contribution >= 0.6 is 0 Å². The van der Waals surface area contributed by atoms with Gasteiger partial charge in [-0.2, -0.15) is 0 Å². The zero-order valence-corrected chi connectivity index (χ0v) is 23.0. The van der Waals surface area contributed by atoms with Gasteiger partial charge in [-0.1, -0.05) is 6.07 Å². The van der Waals surface area contributed by atoms with Crippen LogP contribution in [0.3, 0.4) is 0 Å². The molecule has 0 radical (unpaired) electrons. The lowest BCUT2D eigenvalue weighted by atomic mass is 9.87. The predicted molar refractivity (Wildman–Crippen MR) is 152 cm³/mol. The zero-order valence-electron chi connectivity index (χ0n) is 23.0. The summed E-state index contributed by atoms with van der Waals surface area (Å²) >= 11 is 0. The third-order valence-corrected chi connectivity index (χ3v) is 6.89. The first-order valence-corrected chi connectivity index (χ1v) is 13.2. The molecule has 0 aliphatic carbocycles. The average Bonchev–Trinajstić information content (AvgIpc) is 2.88. The van der Waals surface area contributed by atoms with E-state index in [1.165, 1.54) is 5.56 Å². The number of ether oxygens (including phenoxy) is 1. The fraction of sp³-hybridized carbons (Fsp3) is 0.367. The van der Waals surface area contributed by atoms with Crippen molar-refractivity contribution in [3.8, 4) is 11.4 Å². The molecule has 1 amide bonds. The Morgan fingerprint density at radius 3 is 2.51 bits per heavy atom. The van der Waals surface area contributed by atoms with Crippen LogP contribution in [0.4, 0.5) is 16.3 Å². The molecule has 9 heteroatoms. The summed E-state index contributed by atoms with van der Waals surface area (Å²) in [4.78, 5) is 43.4. The molecule has 39 heavy (non-hydrogen) atoms. The van der Waals surface area contributed by atoms with Crippen LogP contribution in [0, 0.1) is 13.8 Å². The number of rotatable bonds is 4. The lowest BCUT2D eigenvalue weighted by Crippen LogP contribution is -2.41. The smallest absolute Gasteiger partial charge is 0.410 e. The van der Waals surface area contributed by atoms with E-state index in [4.69, 9.17) is 9.72 Å². The van der Waals surface area contributed by atoms with Gasteiger partial charge in [-0.3, -0.25) is 9.78 Å². The summed E-state index contributed by atoms with van der Waals surface area (Å²) in [6.45, 7) is 11.0. The lowest BCUT2D eigenvalue weighted by molar-refractivity contribution is 0.0205. The molecule has 5 rings (SSSR count). The average molecular weight is 527 g/mol. The SMILES string of the molecule is Cc1cncc(-c2cc3cc[nH]c(=O)c3c(Nc3ccc(C4CCN(C(=O)OC(C)(C)C)CC4)c(C)c3)n2)n1. The van der Waals surface area contributed by atoms with Crippen molar-refractivity contribution in [1.29, 1.82) is 0 Å². The van der Waals surface area contributed by atoms with Crippen molar-refractivity contribution in [2.24, 2.45) is 0 Å². The summed E-state index contributed by atoms with van der Waals surface area (Å²) in [7, 11) is 0. The second kappa shape index (κ2) is 10.5. The molecule has 2 N–H and O–H groups in total. The monoisotopic (exact) mass is 526 g/mol. The molecule has 4 aromatic rings. The number of fused-ring (bicyclic) bond motifs is 1. The molecule has 1 saturated heterocycles. The van der Waals surface area contributed by atoms with Gasteiger partial charge in [0.05, 0.1) is 23.0 Å². The molecular formula is C30H34N6O3. The van der Waals surface area contributed by atoms with E-state index in [0.29, 0.717) is 41.6 Å². The van der Waals surface area contributed by atoms with E-state index in [9.17, 15) is 9.59 Å². The molecule has 0 atom stereocenters. The number of aromatic amines is 1. The third kappa shape index (κ3) is 5.92. The van der Waals surface area contributed by atoms with Crippen molar-refractivity contribution >= 4 is 28.4 Å². The molecule has 1 aliphatic rings. The summed E-state index contributed by atoms with van der Waals surface area (Å²) in [5.41, 5.74) is 4.62. The summed E-state index contributed by atoms with van der Waals surface area (Å²) in [5.74, 6) is 0.827. The number of H-pyrrole nitrogens is 1. The Morgan fingerprint density at radius 2 is 1.82 bits per heavy atom.